The van der Waals surface area contributed by atoms with Gasteiger partial charge in [-0.2, -0.15) is 27.1 Å². The third-order valence-corrected chi connectivity index (χ3v) is 4.96. The normalized spacial score (nSPS) is 18.9. The highest BCUT2D eigenvalue weighted by Gasteiger charge is 2.49. The zero-order valence-corrected chi connectivity index (χ0v) is 16.5. The molecule has 5 nitrogen and oxygen atoms in total. The highest BCUT2D eigenvalue weighted by molar-refractivity contribution is 6.04. The number of hydrogen-bond acceptors (Lipinski definition) is 3. The molecule has 0 saturated heterocycles. The van der Waals surface area contributed by atoms with E-state index in [2.05, 4.69) is 15.4 Å². The predicted molar refractivity (Wildman–Crippen MR) is 96.0 cm³/mol. The summed E-state index contributed by atoms with van der Waals surface area (Å²) in [5.41, 5.74) is -4.10. The van der Waals surface area contributed by atoms with E-state index in [-0.39, 0.29) is 19.0 Å². The van der Waals surface area contributed by atoms with Gasteiger partial charge in [0.2, 0.25) is 5.92 Å². The van der Waals surface area contributed by atoms with Crippen LogP contribution in [-0.4, -0.2) is 26.6 Å². The van der Waals surface area contributed by atoms with E-state index in [4.69, 9.17) is 0 Å². The third kappa shape index (κ3) is 5.16. The fourth-order valence-electron chi connectivity index (χ4n) is 3.66. The van der Waals surface area contributed by atoms with Crippen molar-refractivity contribution in [2.45, 2.75) is 57.7 Å². The van der Waals surface area contributed by atoms with Crippen molar-refractivity contribution in [3.63, 3.8) is 0 Å². The molecule has 0 radical (unpaired) electrons. The molecule has 1 unspecified atom stereocenters. The Bertz CT molecular complexity index is 979. The van der Waals surface area contributed by atoms with Crippen LogP contribution in [0.2, 0.25) is 0 Å². The second kappa shape index (κ2) is 7.79. The highest BCUT2D eigenvalue weighted by atomic mass is 19.4. The minimum absolute atomic E-state index is 0.0311. The Morgan fingerprint density at radius 2 is 1.97 bits per heavy atom. The van der Waals surface area contributed by atoms with Crippen LogP contribution >= 0.6 is 0 Å². The van der Waals surface area contributed by atoms with Crippen LogP contribution in [0.1, 0.15) is 53.6 Å². The number of carbonyl (C=O) groups is 1. The Morgan fingerprint density at radius 1 is 1.29 bits per heavy atom. The lowest BCUT2D eigenvalue weighted by Gasteiger charge is -2.15. The Kier molecular flexibility index (Phi) is 5.78. The van der Waals surface area contributed by atoms with Crippen LogP contribution in [0, 0.1) is 12.8 Å². The molecule has 2 aromatic rings. The number of anilines is 1. The van der Waals surface area contributed by atoms with Crippen molar-refractivity contribution < 1.29 is 35.5 Å². The molecule has 0 bridgehead atoms. The average Bonchev–Trinajstić information content (AvgIpc) is 3.15. The van der Waals surface area contributed by atoms with Crippen LogP contribution in [0.25, 0.3) is 0 Å². The number of nitrogens with one attached hydrogen (secondary N) is 1. The first-order chi connectivity index (χ1) is 14.2. The first-order valence-electron chi connectivity index (χ1n) is 9.35. The fourth-order valence-corrected chi connectivity index (χ4v) is 3.66. The van der Waals surface area contributed by atoms with Crippen LogP contribution in [0.15, 0.2) is 18.3 Å². The van der Waals surface area contributed by atoms with E-state index in [9.17, 15) is 35.5 Å². The predicted octanol–water partition coefficient (Wildman–Crippen LogP) is 5.40. The van der Waals surface area contributed by atoms with Gasteiger partial charge in [0.25, 0.3) is 11.8 Å². The number of alkyl halides is 7. The molecule has 2 heterocycles. The van der Waals surface area contributed by atoms with Gasteiger partial charge in [-0.15, -0.1) is 0 Å². The average molecular weight is 452 g/mol. The van der Waals surface area contributed by atoms with Crippen molar-refractivity contribution in [1.82, 2.24) is 14.8 Å². The monoisotopic (exact) mass is 452 g/mol. The molecular formula is C19H19F7N4O. The zero-order valence-electron chi connectivity index (χ0n) is 16.5. The Hall–Kier alpha value is -2.66. The maximum absolute atomic E-state index is 14.0. The molecule has 1 aliphatic rings. The van der Waals surface area contributed by atoms with Gasteiger partial charge >= 0.3 is 6.18 Å². The zero-order chi connectivity index (χ0) is 23.2. The lowest BCUT2D eigenvalue weighted by atomic mass is 10.1. The molecule has 1 aliphatic carbocycles. The summed E-state index contributed by atoms with van der Waals surface area (Å²) in [5.74, 6) is -9.16. The van der Waals surface area contributed by atoms with E-state index in [1.165, 1.54) is 18.3 Å². The summed E-state index contributed by atoms with van der Waals surface area (Å²) in [6, 6.07) is 2.68. The largest absolute Gasteiger partial charge is 0.420 e. The van der Waals surface area contributed by atoms with E-state index < -0.39 is 66.2 Å². The summed E-state index contributed by atoms with van der Waals surface area (Å²) in [5, 5.41) is 5.59. The first kappa shape index (κ1) is 23.0. The van der Waals surface area contributed by atoms with E-state index in [1.54, 1.807) is 6.92 Å². The van der Waals surface area contributed by atoms with Gasteiger partial charge in [-0.05, 0) is 31.4 Å². The summed E-state index contributed by atoms with van der Waals surface area (Å²) in [4.78, 5) is 16.7. The van der Waals surface area contributed by atoms with Crippen LogP contribution in [-0.2, 0) is 18.6 Å². The molecular weight excluding hydrogens is 433 g/mol. The van der Waals surface area contributed by atoms with Crippen LogP contribution in [0.3, 0.4) is 0 Å². The molecule has 0 spiro atoms. The number of aryl methyl sites for hydroxylation is 1. The molecule has 3 rings (SSSR count). The number of carbonyl (C=O) groups excluding carboxylic acids is 1. The van der Waals surface area contributed by atoms with Crippen molar-refractivity contribution in [1.29, 1.82) is 0 Å². The van der Waals surface area contributed by atoms with Crippen molar-refractivity contribution in [3.05, 3.63) is 41.0 Å². The number of aromatic nitrogens is 3. The van der Waals surface area contributed by atoms with Gasteiger partial charge in [0.1, 0.15) is 17.0 Å². The van der Waals surface area contributed by atoms with Crippen LogP contribution < -0.4 is 5.32 Å². The van der Waals surface area contributed by atoms with Gasteiger partial charge in [-0.25, -0.2) is 8.78 Å². The highest BCUT2D eigenvalue weighted by Crippen LogP contribution is 2.43. The van der Waals surface area contributed by atoms with E-state index in [0.29, 0.717) is 10.4 Å². The van der Waals surface area contributed by atoms with Gasteiger partial charge in [0, 0.05) is 43.9 Å². The molecule has 170 valence electrons. The van der Waals surface area contributed by atoms with Crippen LogP contribution in [0.4, 0.5) is 36.4 Å². The molecule has 0 aliphatic heterocycles. The Balaban J connectivity index is 2.08. The van der Waals surface area contributed by atoms with E-state index >= 15 is 0 Å². The smallest absolute Gasteiger partial charge is 0.321 e. The van der Waals surface area contributed by atoms with E-state index in [0.717, 1.165) is 0 Å². The SMILES string of the molecule is Cc1cc(NC(=O)c2c(C(F)(F)F)c(C(C)(F)F)nn2CC2CCC(F)(F)C2)ccn1. The lowest BCUT2D eigenvalue weighted by molar-refractivity contribution is -0.141. The number of halogens is 7. The summed E-state index contributed by atoms with van der Waals surface area (Å²) < 4.78 is 96.8. The summed E-state index contributed by atoms with van der Waals surface area (Å²) >= 11 is 0. The molecule has 0 aromatic carbocycles. The second-order valence-corrected chi connectivity index (χ2v) is 7.75. The number of amides is 1. The minimum atomic E-state index is -5.33. The Labute approximate surface area is 172 Å². The molecule has 12 heteroatoms. The lowest BCUT2D eigenvalue weighted by Crippen LogP contribution is -2.24. The Morgan fingerprint density at radius 3 is 2.48 bits per heavy atom. The van der Waals surface area contributed by atoms with Gasteiger partial charge in [0.15, 0.2) is 0 Å². The third-order valence-electron chi connectivity index (χ3n) is 4.96. The van der Waals surface area contributed by atoms with Gasteiger partial charge < -0.3 is 5.32 Å². The molecule has 31 heavy (non-hydrogen) atoms. The van der Waals surface area contributed by atoms with Crippen molar-refractivity contribution >= 4 is 11.6 Å². The van der Waals surface area contributed by atoms with Crippen molar-refractivity contribution in [2.24, 2.45) is 5.92 Å². The molecule has 1 atom stereocenters. The van der Waals surface area contributed by atoms with Crippen molar-refractivity contribution in [3.8, 4) is 0 Å². The van der Waals surface area contributed by atoms with E-state index in [1.807, 2.05) is 0 Å². The number of rotatable bonds is 5. The topological polar surface area (TPSA) is 59.8 Å². The van der Waals surface area contributed by atoms with Crippen molar-refractivity contribution in [2.75, 3.05) is 5.32 Å². The van der Waals surface area contributed by atoms with Crippen LogP contribution in [0.5, 0.6) is 0 Å². The maximum atomic E-state index is 14.0. The fraction of sp³-hybridized carbons (Fsp3) is 0.526. The molecule has 1 fully saturated rings. The quantitative estimate of drug-likeness (QED) is 0.618. The van der Waals surface area contributed by atoms with Gasteiger partial charge in [-0.1, -0.05) is 0 Å². The molecule has 1 amide bonds. The van der Waals surface area contributed by atoms with Gasteiger partial charge in [0.05, 0.1) is 0 Å². The summed E-state index contributed by atoms with van der Waals surface area (Å²) in [6.07, 6.45) is -5.15. The summed E-state index contributed by atoms with van der Waals surface area (Å²) in [7, 11) is 0. The number of pyridine rings is 1. The molecule has 1 N–H and O–H groups in total. The standard InChI is InChI=1S/C19H19F7N4O/c1-10-7-12(4-6-27-10)28-16(31)14-13(19(24,25)26)15(17(2,20)21)29-30(14)9-11-3-5-18(22,23)8-11/h4,6-7,11H,3,5,8-9H2,1-2H3,(H,27,28,31). The number of nitrogens with zero attached hydrogens (tertiary/aromatic N) is 3. The maximum Gasteiger partial charge on any atom is 0.420 e. The second-order valence-electron chi connectivity index (χ2n) is 7.75. The minimum Gasteiger partial charge on any atom is -0.321 e. The summed E-state index contributed by atoms with van der Waals surface area (Å²) in [6.45, 7) is 1.29. The first-order valence-corrected chi connectivity index (χ1v) is 9.35. The number of hydrogen-bond donors (Lipinski definition) is 1. The molecule has 2 aromatic heterocycles. The molecule has 1 saturated carbocycles. The van der Waals surface area contributed by atoms with Gasteiger partial charge in [-0.3, -0.25) is 14.5 Å².